The van der Waals surface area contributed by atoms with Crippen LogP contribution in [0.3, 0.4) is 0 Å². The van der Waals surface area contributed by atoms with Crippen LogP contribution < -0.4 is 5.73 Å². The van der Waals surface area contributed by atoms with Crippen molar-refractivity contribution in [3.63, 3.8) is 0 Å². The van der Waals surface area contributed by atoms with Gasteiger partial charge in [-0.05, 0) is 37.5 Å². The van der Waals surface area contributed by atoms with Crippen molar-refractivity contribution < 1.29 is 9.84 Å². The molecule has 4 heteroatoms. The number of aliphatic hydroxyl groups excluding tert-OH is 1. The van der Waals surface area contributed by atoms with Gasteiger partial charge in [0.05, 0.1) is 19.3 Å². The minimum atomic E-state index is 0.111. The maximum Gasteiger partial charge on any atom is 0.0701 e. The van der Waals surface area contributed by atoms with Crippen LogP contribution in [0.4, 0.5) is 5.69 Å². The lowest BCUT2D eigenvalue weighted by molar-refractivity contribution is -0.0141. The topological polar surface area (TPSA) is 58.7 Å². The van der Waals surface area contributed by atoms with E-state index in [0.29, 0.717) is 18.8 Å². The van der Waals surface area contributed by atoms with Gasteiger partial charge in [0.1, 0.15) is 0 Å². The summed E-state index contributed by atoms with van der Waals surface area (Å²) >= 11 is 0. The number of rotatable bonds is 5. The van der Waals surface area contributed by atoms with E-state index in [1.54, 1.807) is 0 Å². The number of hydrogen-bond acceptors (Lipinski definition) is 4. The molecule has 0 bridgehead atoms. The van der Waals surface area contributed by atoms with E-state index in [9.17, 15) is 0 Å². The Morgan fingerprint density at radius 3 is 2.79 bits per heavy atom. The van der Waals surface area contributed by atoms with Crippen LogP contribution in [0.25, 0.3) is 0 Å². The number of aliphatic hydroxyl groups is 1. The molecule has 0 radical (unpaired) electrons. The monoisotopic (exact) mass is 264 g/mol. The van der Waals surface area contributed by atoms with Crippen LogP contribution in [-0.2, 0) is 4.74 Å². The molecule has 1 aromatic carbocycles. The van der Waals surface area contributed by atoms with Crippen molar-refractivity contribution in [2.24, 2.45) is 0 Å². The highest BCUT2D eigenvalue weighted by Crippen LogP contribution is 2.26. The standard InChI is InChI=1S/C15H24N2O2/c1-12(13-3-2-4-14(16)11-13)17-7-5-15(6-8-17)19-10-9-18/h2-4,11-12,15,18H,5-10,16H2,1H3. The molecule has 1 saturated heterocycles. The predicted molar refractivity (Wildman–Crippen MR) is 76.9 cm³/mol. The number of nitrogens with two attached hydrogens (primary N) is 1. The van der Waals surface area contributed by atoms with Gasteiger partial charge in [-0.1, -0.05) is 12.1 Å². The fourth-order valence-corrected chi connectivity index (χ4v) is 2.68. The number of likely N-dealkylation sites (tertiary alicyclic amines) is 1. The number of hydrogen-bond donors (Lipinski definition) is 2. The number of benzene rings is 1. The number of ether oxygens (including phenoxy) is 1. The fourth-order valence-electron chi connectivity index (χ4n) is 2.68. The Kier molecular flexibility index (Phi) is 5.19. The Bertz CT molecular complexity index is 389. The zero-order valence-electron chi connectivity index (χ0n) is 11.6. The van der Waals surface area contributed by atoms with Gasteiger partial charge in [-0.15, -0.1) is 0 Å². The van der Waals surface area contributed by atoms with Gasteiger partial charge in [0.15, 0.2) is 0 Å². The summed E-state index contributed by atoms with van der Waals surface area (Å²) in [6.45, 7) is 4.86. The van der Waals surface area contributed by atoms with Gasteiger partial charge in [-0.3, -0.25) is 4.90 Å². The summed E-state index contributed by atoms with van der Waals surface area (Å²) in [7, 11) is 0. The van der Waals surface area contributed by atoms with Gasteiger partial charge in [0.25, 0.3) is 0 Å². The molecule has 106 valence electrons. The maximum atomic E-state index is 8.76. The second-order valence-corrected chi connectivity index (χ2v) is 5.18. The summed E-state index contributed by atoms with van der Waals surface area (Å²) in [5, 5.41) is 8.76. The first-order chi connectivity index (χ1) is 9.20. The van der Waals surface area contributed by atoms with E-state index in [2.05, 4.69) is 24.0 Å². The van der Waals surface area contributed by atoms with E-state index in [1.165, 1.54) is 5.56 Å². The Morgan fingerprint density at radius 1 is 1.42 bits per heavy atom. The van der Waals surface area contributed by atoms with Crippen molar-refractivity contribution in [1.29, 1.82) is 0 Å². The molecule has 1 unspecified atom stereocenters. The molecule has 0 saturated carbocycles. The normalized spacial score (nSPS) is 19.5. The molecule has 1 aromatic rings. The molecule has 1 fully saturated rings. The third-order valence-electron chi connectivity index (χ3n) is 3.86. The van der Waals surface area contributed by atoms with Crippen LogP contribution in [0.2, 0.25) is 0 Å². The number of piperidine rings is 1. The van der Waals surface area contributed by atoms with Crippen LogP contribution in [-0.4, -0.2) is 42.4 Å². The van der Waals surface area contributed by atoms with Crippen molar-refractivity contribution in [3.05, 3.63) is 29.8 Å². The highest BCUT2D eigenvalue weighted by atomic mass is 16.5. The molecule has 1 aliphatic heterocycles. The van der Waals surface area contributed by atoms with Gasteiger partial charge in [0, 0.05) is 24.8 Å². The molecule has 3 N–H and O–H groups in total. The van der Waals surface area contributed by atoms with Gasteiger partial charge in [-0.2, -0.15) is 0 Å². The lowest BCUT2D eigenvalue weighted by Gasteiger charge is -2.36. The van der Waals surface area contributed by atoms with Crippen molar-refractivity contribution in [2.45, 2.75) is 31.9 Å². The third kappa shape index (κ3) is 3.93. The zero-order chi connectivity index (χ0) is 13.7. The van der Waals surface area contributed by atoms with Crippen LogP contribution in [0.1, 0.15) is 31.4 Å². The van der Waals surface area contributed by atoms with Crippen LogP contribution >= 0.6 is 0 Å². The first kappa shape index (κ1) is 14.3. The van der Waals surface area contributed by atoms with E-state index in [0.717, 1.165) is 31.6 Å². The van der Waals surface area contributed by atoms with E-state index in [1.807, 2.05) is 12.1 Å². The third-order valence-corrected chi connectivity index (χ3v) is 3.86. The van der Waals surface area contributed by atoms with Gasteiger partial charge in [-0.25, -0.2) is 0 Å². The van der Waals surface area contributed by atoms with Crippen molar-refractivity contribution in [3.8, 4) is 0 Å². The summed E-state index contributed by atoms with van der Waals surface area (Å²) in [6.07, 6.45) is 2.37. The van der Waals surface area contributed by atoms with Gasteiger partial charge < -0.3 is 15.6 Å². The van der Waals surface area contributed by atoms with Crippen LogP contribution in [0.15, 0.2) is 24.3 Å². The molecule has 0 aromatic heterocycles. The van der Waals surface area contributed by atoms with Crippen LogP contribution in [0, 0.1) is 0 Å². The maximum absolute atomic E-state index is 8.76. The predicted octanol–water partition coefficient (Wildman–Crippen LogP) is 1.80. The Balaban J connectivity index is 1.87. The Labute approximate surface area is 115 Å². The van der Waals surface area contributed by atoms with Crippen molar-refractivity contribution >= 4 is 5.69 Å². The largest absolute Gasteiger partial charge is 0.399 e. The number of anilines is 1. The smallest absolute Gasteiger partial charge is 0.0701 e. The second kappa shape index (κ2) is 6.89. The summed E-state index contributed by atoms with van der Waals surface area (Å²) in [4.78, 5) is 2.47. The molecule has 19 heavy (non-hydrogen) atoms. The fraction of sp³-hybridized carbons (Fsp3) is 0.600. The molecular weight excluding hydrogens is 240 g/mol. The number of nitrogen functional groups attached to an aromatic ring is 1. The van der Waals surface area contributed by atoms with Crippen LogP contribution in [0.5, 0.6) is 0 Å². The van der Waals surface area contributed by atoms with Gasteiger partial charge >= 0.3 is 0 Å². The molecule has 1 aliphatic rings. The minimum absolute atomic E-state index is 0.111. The molecule has 0 amide bonds. The number of nitrogens with zero attached hydrogens (tertiary/aromatic N) is 1. The average molecular weight is 264 g/mol. The molecule has 4 nitrogen and oxygen atoms in total. The molecule has 1 atom stereocenters. The van der Waals surface area contributed by atoms with Gasteiger partial charge in [0.2, 0.25) is 0 Å². The summed E-state index contributed by atoms with van der Waals surface area (Å²) < 4.78 is 5.59. The lowest BCUT2D eigenvalue weighted by Crippen LogP contribution is -2.38. The minimum Gasteiger partial charge on any atom is -0.399 e. The van der Waals surface area contributed by atoms with Crippen molar-refractivity contribution in [2.75, 3.05) is 32.0 Å². The highest BCUT2D eigenvalue weighted by molar-refractivity contribution is 5.41. The van der Waals surface area contributed by atoms with E-state index in [4.69, 9.17) is 15.6 Å². The molecule has 2 rings (SSSR count). The first-order valence-corrected chi connectivity index (χ1v) is 7.02. The Morgan fingerprint density at radius 2 is 2.16 bits per heavy atom. The SMILES string of the molecule is CC(c1cccc(N)c1)N1CCC(OCCO)CC1. The second-order valence-electron chi connectivity index (χ2n) is 5.18. The lowest BCUT2D eigenvalue weighted by atomic mass is 10.0. The zero-order valence-corrected chi connectivity index (χ0v) is 11.6. The molecular formula is C15H24N2O2. The first-order valence-electron chi connectivity index (χ1n) is 7.02. The van der Waals surface area contributed by atoms with Crippen molar-refractivity contribution in [1.82, 2.24) is 4.90 Å². The summed E-state index contributed by atoms with van der Waals surface area (Å²) in [5.41, 5.74) is 7.94. The molecule has 0 aliphatic carbocycles. The average Bonchev–Trinajstić information content (AvgIpc) is 2.45. The molecule has 1 heterocycles. The Hall–Kier alpha value is -1.10. The quantitative estimate of drug-likeness (QED) is 0.796. The highest BCUT2D eigenvalue weighted by Gasteiger charge is 2.23. The summed E-state index contributed by atoms with van der Waals surface area (Å²) in [6, 6.07) is 8.51. The summed E-state index contributed by atoms with van der Waals surface area (Å²) in [5.74, 6) is 0. The molecule has 0 spiro atoms. The van der Waals surface area contributed by atoms with E-state index < -0.39 is 0 Å². The van der Waals surface area contributed by atoms with E-state index >= 15 is 0 Å². The van der Waals surface area contributed by atoms with E-state index in [-0.39, 0.29) is 6.61 Å².